The maximum absolute atomic E-state index is 9.36. The van der Waals surface area contributed by atoms with Gasteiger partial charge < -0.3 is 15.6 Å². The van der Waals surface area contributed by atoms with Crippen LogP contribution in [-0.2, 0) is 6.61 Å². The minimum absolute atomic E-state index is 0.00694. The molecule has 0 spiro atoms. The standard InChI is InChI=1S/C10H11N3O3/c1-6-7(13-16-12-6)5-15-9-4-2-3-8(14)10(9)11/h2-4,14H,5,11H2,1H3. The monoisotopic (exact) mass is 221 g/mol. The van der Waals surface area contributed by atoms with E-state index in [2.05, 4.69) is 14.9 Å². The summed E-state index contributed by atoms with van der Waals surface area (Å²) in [6, 6.07) is 4.80. The van der Waals surface area contributed by atoms with E-state index >= 15 is 0 Å². The highest BCUT2D eigenvalue weighted by atomic mass is 16.6. The molecule has 0 saturated carbocycles. The van der Waals surface area contributed by atoms with Gasteiger partial charge in [-0.1, -0.05) is 16.4 Å². The molecule has 0 aliphatic rings. The van der Waals surface area contributed by atoms with Gasteiger partial charge in [0.2, 0.25) is 0 Å². The number of ether oxygens (including phenoxy) is 1. The van der Waals surface area contributed by atoms with E-state index < -0.39 is 0 Å². The molecule has 0 radical (unpaired) electrons. The Morgan fingerprint density at radius 2 is 2.25 bits per heavy atom. The number of anilines is 1. The summed E-state index contributed by atoms with van der Waals surface area (Å²) in [6.07, 6.45) is 0. The Labute approximate surface area is 91.6 Å². The molecule has 84 valence electrons. The fraction of sp³-hybridized carbons (Fsp3) is 0.200. The lowest BCUT2D eigenvalue weighted by Crippen LogP contribution is -2.00. The van der Waals surface area contributed by atoms with Crippen molar-refractivity contribution in [3.8, 4) is 11.5 Å². The van der Waals surface area contributed by atoms with Crippen LogP contribution in [0.15, 0.2) is 22.8 Å². The summed E-state index contributed by atoms with van der Waals surface area (Å²) in [5, 5.41) is 16.7. The van der Waals surface area contributed by atoms with Crippen LogP contribution in [0.4, 0.5) is 5.69 Å². The molecule has 0 aliphatic heterocycles. The van der Waals surface area contributed by atoms with Crippen molar-refractivity contribution in [3.05, 3.63) is 29.6 Å². The van der Waals surface area contributed by atoms with E-state index in [0.29, 0.717) is 17.1 Å². The Kier molecular flexibility index (Phi) is 2.63. The molecule has 1 aromatic heterocycles. The molecular formula is C10H11N3O3. The van der Waals surface area contributed by atoms with Crippen molar-refractivity contribution in [2.75, 3.05) is 5.73 Å². The van der Waals surface area contributed by atoms with Crippen molar-refractivity contribution in [2.45, 2.75) is 13.5 Å². The maximum atomic E-state index is 9.36. The number of phenols is 1. The highest BCUT2D eigenvalue weighted by molar-refractivity contribution is 5.61. The van der Waals surface area contributed by atoms with Gasteiger partial charge in [-0.05, 0) is 19.1 Å². The summed E-state index contributed by atoms with van der Waals surface area (Å²) in [7, 11) is 0. The Balaban J connectivity index is 2.11. The van der Waals surface area contributed by atoms with Crippen molar-refractivity contribution >= 4 is 5.69 Å². The Morgan fingerprint density at radius 1 is 1.44 bits per heavy atom. The lowest BCUT2D eigenvalue weighted by Gasteiger charge is -2.07. The van der Waals surface area contributed by atoms with Crippen LogP contribution in [-0.4, -0.2) is 15.4 Å². The predicted octanol–water partition coefficient (Wildman–Crippen LogP) is 1.24. The van der Waals surface area contributed by atoms with Crippen LogP contribution in [0.25, 0.3) is 0 Å². The smallest absolute Gasteiger partial charge is 0.146 e. The van der Waals surface area contributed by atoms with E-state index in [1.165, 1.54) is 6.07 Å². The SMILES string of the molecule is Cc1nonc1COc1cccc(O)c1N. The summed E-state index contributed by atoms with van der Waals surface area (Å²) in [5.41, 5.74) is 7.10. The number of nitrogen functional groups attached to an aromatic ring is 1. The average Bonchev–Trinajstić information content (AvgIpc) is 2.67. The Morgan fingerprint density at radius 3 is 2.94 bits per heavy atom. The second-order valence-electron chi connectivity index (χ2n) is 3.27. The first kappa shape index (κ1) is 10.3. The normalized spacial score (nSPS) is 10.3. The number of hydrogen-bond donors (Lipinski definition) is 2. The topological polar surface area (TPSA) is 94.4 Å². The van der Waals surface area contributed by atoms with Gasteiger partial charge in [-0.2, -0.15) is 0 Å². The van der Waals surface area contributed by atoms with Crippen molar-refractivity contribution in [1.82, 2.24) is 10.3 Å². The third-order valence-electron chi connectivity index (χ3n) is 2.15. The van der Waals surface area contributed by atoms with Crippen LogP contribution in [0.2, 0.25) is 0 Å². The second kappa shape index (κ2) is 4.09. The van der Waals surface area contributed by atoms with Crippen molar-refractivity contribution < 1.29 is 14.5 Å². The second-order valence-corrected chi connectivity index (χ2v) is 3.27. The Bertz CT molecular complexity index is 496. The van der Waals surface area contributed by atoms with Gasteiger partial charge in [0.25, 0.3) is 0 Å². The number of nitrogens with zero attached hydrogens (tertiary/aromatic N) is 2. The van der Waals surface area contributed by atoms with E-state index in [4.69, 9.17) is 10.5 Å². The average molecular weight is 221 g/mol. The van der Waals surface area contributed by atoms with Crippen LogP contribution in [0.1, 0.15) is 11.4 Å². The van der Waals surface area contributed by atoms with Crippen molar-refractivity contribution in [2.24, 2.45) is 0 Å². The minimum Gasteiger partial charge on any atom is -0.506 e. The van der Waals surface area contributed by atoms with Crippen LogP contribution in [0.3, 0.4) is 0 Å². The molecular weight excluding hydrogens is 210 g/mol. The molecule has 0 fully saturated rings. The molecule has 16 heavy (non-hydrogen) atoms. The van der Waals surface area contributed by atoms with Gasteiger partial charge in [0.1, 0.15) is 35.2 Å². The number of phenolic OH excluding ortho intramolecular Hbond substituents is 1. The fourth-order valence-electron chi connectivity index (χ4n) is 1.18. The molecule has 0 bridgehead atoms. The van der Waals surface area contributed by atoms with Crippen LogP contribution in [0.5, 0.6) is 11.5 Å². The summed E-state index contributed by atoms with van der Waals surface area (Å²) < 4.78 is 9.92. The van der Waals surface area contributed by atoms with E-state index in [0.717, 1.165) is 0 Å². The van der Waals surface area contributed by atoms with Gasteiger partial charge >= 0.3 is 0 Å². The summed E-state index contributed by atoms with van der Waals surface area (Å²) in [4.78, 5) is 0. The molecule has 2 rings (SSSR count). The molecule has 6 nitrogen and oxygen atoms in total. The van der Waals surface area contributed by atoms with E-state index in [1.54, 1.807) is 19.1 Å². The molecule has 2 aromatic rings. The van der Waals surface area contributed by atoms with Gasteiger partial charge in [0, 0.05) is 0 Å². The number of rotatable bonds is 3. The highest BCUT2D eigenvalue weighted by Gasteiger charge is 2.08. The number of aryl methyl sites for hydroxylation is 1. The van der Waals surface area contributed by atoms with Crippen LogP contribution < -0.4 is 10.5 Å². The van der Waals surface area contributed by atoms with Crippen molar-refractivity contribution in [1.29, 1.82) is 0 Å². The number of para-hydroxylation sites is 1. The van der Waals surface area contributed by atoms with Gasteiger partial charge in [0.05, 0.1) is 0 Å². The van der Waals surface area contributed by atoms with Gasteiger partial charge in [-0.3, -0.25) is 0 Å². The molecule has 1 aromatic carbocycles. The fourth-order valence-corrected chi connectivity index (χ4v) is 1.18. The lowest BCUT2D eigenvalue weighted by molar-refractivity contribution is 0.270. The summed E-state index contributed by atoms with van der Waals surface area (Å²) in [6.45, 7) is 1.96. The van der Waals surface area contributed by atoms with Crippen LogP contribution in [0, 0.1) is 6.92 Å². The van der Waals surface area contributed by atoms with Gasteiger partial charge in [-0.15, -0.1) is 0 Å². The molecule has 6 heteroatoms. The number of benzene rings is 1. The molecule has 0 atom stereocenters. The first-order chi connectivity index (χ1) is 7.68. The first-order valence-electron chi connectivity index (χ1n) is 4.67. The van der Waals surface area contributed by atoms with E-state index in [1.807, 2.05) is 0 Å². The molecule has 1 heterocycles. The van der Waals surface area contributed by atoms with Gasteiger partial charge in [0.15, 0.2) is 0 Å². The van der Waals surface area contributed by atoms with Gasteiger partial charge in [-0.25, -0.2) is 4.63 Å². The number of nitrogens with two attached hydrogens (primary N) is 1. The predicted molar refractivity (Wildman–Crippen MR) is 55.9 cm³/mol. The molecule has 3 N–H and O–H groups in total. The highest BCUT2D eigenvalue weighted by Crippen LogP contribution is 2.30. The van der Waals surface area contributed by atoms with Crippen LogP contribution >= 0.6 is 0 Å². The Hall–Kier alpha value is -2.24. The van der Waals surface area contributed by atoms with Crippen molar-refractivity contribution in [3.63, 3.8) is 0 Å². The summed E-state index contributed by atoms with van der Waals surface area (Å²) >= 11 is 0. The maximum Gasteiger partial charge on any atom is 0.146 e. The molecule has 0 saturated heterocycles. The quantitative estimate of drug-likeness (QED) is 0.598. The molecule has 0 unspecified atom stereocenters. The lowest BCUT2D eigenvalue weighted by atomic mass is 10.3. The molecule has 0 aliphatic carbocycles. The number of aromatic nitrogens is 2. The largest absolute Gasteiger partial charge is 0.506 e. The minimum atomic E-state index is -0.00694. The number of hydrogen-bond acceptors (Lipinski definition) is 6. The third kappa shape index (κ3) is 1.90. The molecule has 0 amide bonds. The van der Waals surface area contributed by atoms with E-state index in [9.17, 15) is 5.11 Å². The number of aromatic hydroxyl groups is 1. The van der Waals surface area contributed by atoms with E-state index in [-0.39, 0.29) is 18.0 Å². The summed E-state index contributed by atoms with van der Waals surface area (Å²) in [5.74, 6) is 0.398. The zero-order valence-corrected chi connectivity index (χ0v) is 8.67. The zero-order valence-electron chi connectivity index (χ0n) is 8.67. The first-order valence-corrected chi connectivity index (χ1v) is 4.67. The third-order valence-corrected chi connectivity index (χ3v) is 2.15. The zero-order chi connectivity index (χ0) is 11.5.